The summed E-state index contributed by atoms with van der Waals surface area (Å²) in [6.07, 6.45) is 0. The van der Waals surface area contributed by atoms with Gasteiger partial charge in [0.25, 0.3) is 0 Å². The van der Waals surface area contributed by atoms with Crippen LogP contribution in [0.15, 0.2) is 10.6 Å². The molecule has 0 aliphatic carbocycles. The summed E-state index contributed by atoms with van der Waals surface area (Å²) in [5, 5.41) is 4.44. The maximum Gasteiger partial charge on any atom is 0.240 e. The molecule has 6 nitrogen and oxygen atoms in total. The molecule has 0 unspecified atom stereocenters. The Balaban J connectivity index is 2.21. The highest BCUT2D eigenvalue weighted by molar-refractivity contribution is 6.32. The van der Waals surface area contributed by atoms with E-state index in [-0.39, 0.29) is 12.5 Å². The average Bonchev–Trinajstić information content (AvgIpc) is 2.95. The van der Waals surface area contributed by atoms with Gasteiger partial charge in [0.05, 0.1) is 11.6 Å². The van der Waals surface area contributed by atoms with E-state index >= 15 is 0 Å². The molecule has 1 aromatic carbocycles. The fraction of sp³-hybridized carbons (Fsp3) is 0.429. The third-order valence-corrected chi connectivity index (χ3v) is 3.55. The second-order valence-corrected chi connectivity index (χ2v) is 5.45. The number of hydrogen-bond donors (Lipinski definition) is 1. The monoisotopic (exact) mass is 309 g/mol. The highest BCUT2D eigenvalue weighted by Gasteiger charge is 2.27. The summed E-state index contributed by atoms with van der Waals surface area (Å²) in [6.45, 7) is 5.31. The number of nitrogens with two attached hydrogens (primary N) is 1. The minimum Gasteiger partial charge on any atom is -0.486 e. The van der Waals surface area contributed by atoms with Crippen LogP contribution in [0.1, 0.15) is 31.2 Å². The fourth-order valence-corrected chi connectivity index (χ4v) is 2.64. The molecule has 0 atom stereocenters. The molecular weight excluding hydrogens is 294 g/mol. The number of fused-ring (bicyclic) bond motifs is 1. The zero-order valence-corrected chi connectivity index (χ0v) is 12.6. The summed E-state index contributed by atoms with van der Waals surface area (Å²) >= 11 is 6.30. The molecule has 0 fully saturated rings. The second-order valence-electron chi connectivity index (χ2n) is 5.05. The van der Waals surface area contributed by atoms with Gasteiger partial charge >= 0.3 is 0 Å². The molecule has 0 amide bonds. The number of aromatic nitrogens is 2. The van der Waals surface area contributed by atoms with Gasteiger partial charge in [-0.3, -0.25) is 0 Å². The third-order valence-electron chi connectivity index (χ3n) is 3.27. The van der Waals surface area contributed by atoms with E-state index in [1.807, 2.05) is 0 Å². The Kier molecular flexibility index (Phi) is 3.73. The van der Waals surface area contributed by atoms with Gasteiger partial charge in [-0.2, -0.15) is 4.98 Å². The van der Waals surface area contributed by atoms with Crippen LogP contribution in [0, 0.1) is 0 Å². The molecule has 7 heteroatoms. The van der Waals surface area contributed by atoms with Gasteiger partial charge in [0.1, 0.15) is 13.2 Å². The quantitative estimate of drug-likeness (QED) is 0.938. The molecule has 0 saturated heterocycles. The lowest BCUT2D eigenvalue weighted by Crippen LogP contribution is -2.18. The normalized spacial score (nSPS) is 13.8. The van der Waals surface area contributed by atoms with Crippen molar-refractivity contribution in [1.82, 2.24) is 10.1 Å². The van der Waals surface area contributed by atoms with E-state index in [0.29, 0.717) is 41.5 Å². The van der Waals surface area contributed by atoms with Gasteiger partial charge < -0.3 is 19.7 Å². The van der Waals surface area contributed by atoms with Crippen LogP contribution in [0.3, 0.4) is 0 Å². The van der Waals surface area contributed by atoms with Crippen LogP contribution >= 0.6 is 11.6 Å². The summed E-state index contributed by atoms with van der Waals surface area (Å²) in [4.78, 5) is 4.27. The van der Waals surface area contributed by atoms with Crippen molar-refractivity contribution in [2.24, 2.45) is 5.73 Å². The van der Waals surface area contributed by atoms with Crippen molar-refractivity contribution < 1.29 is 14.0 Å². The lowest BCUT2D eigenvalue weighted by molar-refractivity contribution is 0.169. The molecule has 0 radical (unpaired) electrons. The molecule has 1 aromatic heterocycles. The Morgan fingerprint density at radius 3 is 2.62 bits per heavy atom. The van der Waals surface area contributed by atoms with Crippen LogP contribution < -0.4 is 15.2 Å². The van der Waals surface area contributed by atoms with Crippen LogP contribution in [0.5, 0.6) is 11.5 Å². The molecule has 0 spiro atoms. The van der Waals surface area contributed by atoms with Crippen LogP contribution in [-0.2, 0) is 6.54 Å². The van der Waals surface area contributed by atoms with Crippen molar-refractivity contribution in [3.05, 3.63) is 22.5 Å². The Labute approximate surface area is 127 Å². The number of rotatable bonds is 3. The molecule has 0 bridgehead atoms. The van der Waals surface area contributed by atoms with Gasteiger partial charge in [-0.25, -0.2) is 0 Å². The van der Waals surface area contributed by atoms with E-state index in [9.17, 15) is 0 Å². The zero-order chi connectivity index (χ0) is 15.0. The first-order chi connectivity index (χ1) is 10.1. The summed E-state index contributed by atoms with van der Waals surface area (Å²) < 4.78 is 16.5. The van der Waals surface area contributed by atoms with Gasteiger partial charge in [0, 0.05) is 11.1 Å². The molecule has 112 valence electrons. The minimum absolute atomic E-state index is 0.188. The van der Waals surface area contributed by atoms with E-state index in [4.69, 9.17) is 31.3 Å². The summed E-state index contributed by atoms with van der Waals surface area (Å²) in [6, 6.07) is 1.79. The number of ether oxygens (including phenoxy) is 2. The van der Waals surface area contributed by atoms with Gasteiger partial charge in [-0.1, -0.05) is 30.6 Å². The van der Waals surface area contributed by atoms with Gasteiger partial charge in [0.15, 0.2) is 11.5 Å². The Hall–Kier alpha value is -1.79. The molecule has 21 heavy (non-hydrogen) atoms. The summed E-state index contributed by atoms with van der Waals surface area (Å²) in [5.74, 6) is 2.27. The molecule has 0 saturated carbocycles. The highest BCUT2D eigenvalue weighted by atomic mass is 35.5. The van der Waals surface area contributed by atoms with E-state index in [0.717, 1.165) is 11.1 Å². The maximum absolute atomic E-state index is 6.30. The van der Waals surface area contributed by atoms with Crippen LogP contribution in [0.2, 0.25) is 5.02 Å². The summed E-state index contributed by atoms with van der Waals surface area (Å²) in [7, 11) is 0. The Morgan fingerprint density at radius 1 is 1.29 bits per heavy atom. The van der Waals surface area contributed by atoms with Crippen LogP contribution in [0.4, 0.5) is 0 Å². The zero-order valence-electron chi connectivity index (χ0n) is 11.9. The average molecular weight is 310 g/mol. The smallest absolute Gasteiger partial charge is 0.240 e. The second kappa shape index (κ2) is 5.54. The number of halogens is 1. The molecule has 2 aromatic rings. The fourth-order valence-electron chi connectivity index (χ4n) is 2.39. The lowest BCUT2D eigenvalue weighted by Gasteiger charge is -2.25. The van der Waals surface area contributed by atoms with Gasteiger partial charge in [0.2, 0.25) is 11.7 Å². The first-order valence-electron chi connectivity index (χ1n) is 6.76. The van der Waals surface area contributed by atoms with E-state index in [2.05, 4.69) is 24.0 Å². The minimum atomic E-state index is 0.188. The van der Waals surface area contributed by atoms with Gasteiger partial charge in [-0.15, -0.1) is 0 Å². The predicted octanol–water partition coefficient (Wildman–Crippen LogP) is 2.74. The highest BCUT2D eigenvalue weighted by Crippen LogP contribution is 2.47. The Bertz CT molecular complexity index is 670. The number of hydrogen-bond acceptors (Lipinski definition) is 6. The van der Waals surface area contributed by atoms with E-state index < -0.39 is 0 Å². The summed E-state index contributed by atoms with van der Waals surface area (Å²) in [5.41, 5.74) is 7.25. The lowest BCUT2D eigenvalue weighted by atomic mass is 9.94. The van der Waals surface area contributed by atoms with Crippen molar-refractivity contribution in [2.75, 3.05) is 13.2 Å². The standard InChI is InChI=1S/C14H16ClN3O3/c1-7(2)11-8(14-17-10(6-16)21-18-14)5-9(15)12-13(11)20-4-3-19-12/h5,7H,3-4,6,16H2,1-2H3. The van der Waals surface area contributed by atoms with Crippen molar-refractivity contribution in [3.63, 3.8) is 0 Å². The van der Waals surface area contributed by atoms with Crippen molar-refractivity contribution in [3.8, 4) is 22.9 Å². The van der Waals surface area contributed by atoms with Crippen molar-refractivity contribution >= 4 is 11.6 Å². The molecule has 3 rings (SSSR count). The topological polar surface area (TPSA) is 83.4 Å². The van der Waals surface area contributed by atoms with E-state index in [1.165, 1.54) is 0 Å². The van der Waals surface area contributed by atoms with Crippen molar-refractivity contribution in [2.45, 2.75) is 26.3 Å². The SMILES string of the molecule is CC(C)c1c(-c2noc(CN)n2)cc(Cl)c2c1OCCO2. The number of nitrogens with zero attached hydrogens (tertiary/aromatic N) is 2. The molecule has 2 N–H and O–H groups in total. The van der Waals surface area contributed by atoms with Crippen molar-refractivity contribution in [1.29, 1.82) is 0 Å². The maximum atomic E-state index is 6.30. The first-order valence-corrected chi connectivity index (χ1v) is 7.14. The van der Waals surface area contributed by atoms with E-state index in [1.54, 1.807) is 6.07 Å². The van der Waals surface area contributed by atoms with Crippen LogP contribution in [-0.4, -0.2) is 23.4 Å². The number of benzene rings is 1. The molecule has 1 aliphatic heterocycles. The molecular formula is C14H16ClN3O3. The van der Waals surface area contributed by atoms with Gasteiger partial charge in [-0.05, 0) is 12.0 Å². The predicted molar refractivity (Wildman–Crippen MR) is 77.7 cm³/mol. The Morgan fingerprint density at radius 2 is 2.00 bits per heavy atom. The molecule has 1 aliphatic rings. The third kappa shape index (κ3) is 2.45. The van der Waals surface area contributed by atoms with Crippen LogP contribution in [0.25, 0.3) is 11.4 Å². The largest absolute Gasteiger partial charge is 0.486 e. The molecule has 2 heterocycles. The first kappa shape index (κ1) is 14.2.